The van der Waals surface area contributed by atoms with Gasteiger partial charge < -0.3 is 14.9 Å². The van der Waals surface area contributed by atoms with E-state index in [0.717, 1.165) is 0 Å². The van der Waals surface area contributed by atoms with Gasteiger partial charge in [-0.1, -0.05) is 27.7 Å². The number of hydrogen-bond donors (Lipinski definition) is 1. The second-order valence-corrected chi connectivity index (χ2v) is 10.6. The predicted octanol–water partition coefficient (Wildman–Crippen LogP) is 2.29. The first kappa shape index (κ1) is 16.6. The molecule has 0 unspecified atom stereocenters. The van der Waals surface area contributed by atoms with Gasteiger partial charge in [0.1, 0.15) is 6.04 Å². The van der Waals surface area contributed by atoms with E-state index >= 15 is 0 Å². The van der Waals surface area contributed by atoms with E-state index in [4.69, 9.17) is 10.2 Å². The summed E-state index contributed by atoms with van der Waals surface area (Å²) in [6, 6.07) is -0.695. The number of nitrogens with two attached hydrogens (primary N) is 1. The Hall–Kier alpha value is -0.393. The predicted molar refractivity (Wildman–Crippen MR) is 72.4 cm³/mol. The van der Waals surface area contributed by atoms with E-state index in [2.05, 4.69) is 38.6 Å². The lowest BCUT2D eigenvalue weighted by Crippen LogP contribution is -2.51. The zero-order valence-corrected chi connectivity index (χ0v) is 13.2. The Balaban J connectivity index is 4.77. The number of carbonyl (C=O) groups excluding carboxylic acids is 1. The van der Waals surface area contributed by atoms with Gasteiger partial charge in [0, 0.05) is 0 Å². The zero-order valence-electron chi connectivity index (χ0n) is 12.2. The number of esters is 1. The van der Waals surface area contributed by atoms with Crippen LogP contribution in [0.1, 0.15) is 34.1 Å². The number of rotatable bonds is 5. The molecule has 2 atom stereocenters. The summed E-state index contributed by atoms with van der Waals surface area (Å²) in [5.74, 6) is -0.407. The van der Waals surface area contributed by atoms with Gasteiger partial charge in [-0.25, -0.2) is 0 Å². The summed E-state index contributed by atoms with van der Waals surface area (Å²) in [4.78, 5) is 11.4. The van der Waals surface area contributed by atoms with Gasteiger partial charge in [0.15, 0.2) is 8.32 Å². The molecule has 0 amide bonds. The van der Waals surface area contributed by atoms with Crippen LogP contribution in [0.4, 0.5) is 0 Å². The van der Waals surface area contributed by atoms with E-state index in [9.17, 15) is 4.79 Å². The van der Waals surface area contributed by atoms with E-state index in [1.807, 2.05) is 6.92 Å². The minimum atomic E-state index is -1.90. The van der Waals surface area contributed by atoms with Gasteiger partial charge in [-0.2, -0.15) is 0 Å². The lowest BCUT2D eigenvalue weighted by molar-refractivity contribution is -0.144. The third-order valence-corrected chi connectivity index (χ3v) is 8.03. The van der Waals surface area contributed by atoms with Crippen molar-refractivity contribution in [1.29, 1.82) is 0 Å². The normalized spacial score (nSPS) is 16.5. The van der Waals surface area contributed by atoms with Crippen molar-refractivity contribution >= 4 is 14.3 Å². The Kier molecular flexibility index (Phi) is 5.84. The highest BCUT2D eigenvalue weighted by molar-refractivity contribution is 6.74. The molecule has 0 fully saturated rings. The average molecular weight is 261 g/mol. The van der Waals surface area contributed by atoms with Crippen LogP contribution in [0.5, 0.6) is 0 Å². The molecule has 0 rings (SSSR count). The Labute approximate surface area is 106 Å². The molecule has 0 aliphatic carbocycles. The minimum absolute atomic E-state index is 0.107. The molecular weight excluding hydrogens is 234 g/mol. The summed E-state index contributed by atoms with van der Waals surface area (Å²) in [5, 5.41) is 0.107. The maximum absolute atomic E-state index is 11.4. The number of hydrogen-bond acceptors (Lipinski definition) is 4. The molecule has 4 nitrogen and oxygen atoms in total. The van der Waals surface area contributed by atoms with E-state index in [1.165, 1.54) is 7.11 Å². The molecule has 0 aromatic heterocycles. The zero-order chi connectivity index (χ0) is 13.9. The van der Waals surface area contributed by atoms with Crippen LogP contribution in [-0.4, -0.2) is 33.5 Å². The van der Waals surface area contributed by atoms with Gasteiger partial charge in [0.2, 0.25) is 0 Å². The first-order valence-corrected chi connectivity index (χ1v) is 8.99. The van der Waals surface area contributed by atoms with Crippen LogP contribution in [0.25, 0.3) is 0 Å². The van der Waals surface area contributed by atoms with Gasteiger partial charge in [-0.05, 0) is 24.6 Å². The SMILES string of the molecule is CC[C@H](O[Si](C)(C)C(C)(C)C)[C@H](N)C(=O)OC. The maximum atomic E-state index is 11.4. The molecule has 0 heterocycles. The van der Waals surface area contributed by atoms with Crippen molar-refractivity contribution in [2.45, 2.75) is 64.4 Å². The largest absolute Gasteiger partial charge is 0.468 e. The quantitative estimate of drug-likeness (QED) is 0.609. The van der Waals surface area contributed by atoms with Crippen LogP contribution in [0.2, 0.25) is 18.1 Å². The molecule has 0 radical (unpaired) electrons. The lowest BCUT2D eigenvalue weighted by Gasteiger charge is -2.40. The topological polar surface area (TPSA) is 61.5 Å². The van der Waals surface area contributed by atoms with Crippen molar-refractivity contribution in [2.24, 2.45) is 5.73 Å². The molecule has 2 N–H and O–H groups in total. The molecule has 0 spiro atoms. The van der Waals surface area contributed by atoms with Crippen molar-refractivity contribution in [2.75, 3.05) is 7.11 Å². The highest BCUT2D eigenvalue weighted by Gasteiger charge is 2.41. The summed E-state index contributed by atoms with van der Waals surface area (Å²) >= 11 is 0. The Bertz CT molecular complexity index is 261. The average Bonchev–Trinajstić information content (AvgIpc) is 2.22. The van der Waals surface area contributed by atoms with Crippen molar-refractivity contribution < 1.29 is 14.0 Å². The third-order valence-electron chi connectivity index (χ3n) is 3.53. The lowest BCUT2D eigenvalue weighted by atomic mass is 10.1. The van der Waals surface area contributed by atoms with E-state index in [1.54, 1.807) is 0 Å². The Morgan fingerprint density at radius 3 is 2.12 bits per heavy atom. The molecule has 0 aromatic rings. The van der Waals surface area contributed by atoms with E-state index < -0.39 is 20.3 Å². The van der Waals surface area contributed by atoms with Gasteiger partial charge >= 0.3 is 5.97 Å². The second-order valence-electron chi connectivity index (χ2n) is 5.87. The van der Waals surface area contributed by atoms with E-state index in [-0.39, 0.29) is 11.1 Å². The molecular formula is C12H27NO3Si. The van der Waals surface area contributed by atoms with Crippen molar-refractivity contribution in [1.82, 2.24) is 0 Å². The molecule has 0 saturated carbocycles. The number of carbonyl (C=O) groups is 1. The van der Waals surface area contributed by atoms with Gasteiger partial charge in [-0.3, -0.25) is 4.79 Å². The van der Waals surface area contributed by atoms with Gasteiger partial charge in [0.25, 0.3) is 0 Å². The van der Waals surface area contributed by atoms with Crippen LogP contribution in [-0.2, 0) is 14.0 Å². The van der Waals surface area contributed by atoms with E-state index in [0.29, 0.717) is 6.42 Å². The minimum Gasteiger partial charge on any atom is -0.468 e. The highest BCUT2D eigenvalue weighted by Crippen LogP contribution is 2.37. The molecule has 0 aliphatic rings. The van der Waals surface area contributed by atoms with Crippen molar-refractivity contribution in [3.05, 3.63) is 0 Å². The fourth-order valence-corrected chi connectivity index (χ4v) is 2.68. The summed E-state index contributed by atoms with van der Waals surface area (Å²) in [6.07, 6.45) is 0.450. The first-order valence-electron chi connectivity index (χ1n) is 6.08. The smallest absolute Gasteiger partial charge is 0.325 e. The molecule has 17 heavy (non-hydrogen) atoms. The molecule has 0 aliphatic heterocycles. The number of ether oxygens (including phenoxy) is 1. The molecule has 0 saturated heterocycles. The van der Waals surface area contributed by atoms with Crippen LogP contribution >= 0.6 is 0 Å². The second kappa shape index (κ2) is 5.98. The van der Waals surface area contributed by atoms with Crippen LogP contribution in [0.15, 0.2) is 0 Å². The van der Waals surface area contributed by atoms with Crippen LogP contribution in [0, 0.1) is 0 Å². The van der Waals surface area contributed by atoms with Crippen molar-refractivity contribution in [3.8, 4) is 0 Å². The third kappa shape index (κ3) is 4.41. The summed E-state index contributed by atoms with van der Waals surface area (Å²) in [5.41, 5.74) is 5.86. The Morgan fingerprint density at radius 2 is 1.82 bits per heavy atom. The molecule has 0 aromatic carbocycles. The first-order chi connectivity index (χ1) is 7.56. The van der Waals surface area contributed by atoms with Gasteiger partial charge in [-0.15, -0.1) is 0 Å². The highest BCUT2D eigenvalue weighted by atomic mass is 28.4. The fourth-order valence-electron chi connectivity index (χ4n) is 1.25. The summed E-state index contributed by atoms with van der Waals surface area (Å²) in [7, 11) is -0.550. The summed E-state index contributed by atoms with van der Waals surface area (Å²) < 4.78 is 10.8. The van der Waals surface area contributed by atoms with Gasteiger partial charge in [0.05, 0.1) is 13.2 Å². The standard InChI is InChI=1S/C12H27NO3Si/c1-8-9(10(13)11(14)15-5)16-17(6,7)12(2,3)4/h9-10H,8,13H2,1-7H3/t9-,10-/m0/s1. The summed E-state index contributed by atoms with van der Waals surface area (Å²) in [6.45, 7) is 12.8. The van der Waals surface area contributed by atoms with Crippen molar-refractivity contribution in [3.63, 3.8) is 0 Å². The van der Waals surface area contributed by atoms with Crippen LogP contribution in [0.3, 0.4) is 0 Å². The Morgan fingerprint density at radius 1 is 1.35 bits per heavy atom. The molecule has 0 bridgehead atoms. The number of methoxy groups -OCH3 is 1. The van der Waals surface area contributed by atoms with Crippen LogP contribution < -0.4 is 5.73 Å². The molecule has 5 heteroatoms. The fraction of sp³-hybridized carbons (Fsp3) is 0.917. The maximum Gasteiger partial charge on any atom is 0.325 e. The molecule has 102 valence electrons. The monoisotopic (exact) mass is 261 g/mol.